The number of nitrogens with zero attached hydrogens (tertiary/aromatic N) is 2. The largest absolute Gasteiger partial charge is 0.463 e. The molecule has 108 valence electrons. The van der Waals surface area contributed by atoms with Crippen molar-refractivity contribution >= 4 is 5.97 Å². The first-order valence-corrected chi connectivity index (χ1v) is 6.46. The van der Waals surface area contributed by atoms with Crippen LogP contribution in [0.1, 0.15) is 27.2 Å². The summed E-state index contributed by atoms with van der Waals surface area (Å²) >= 11 is 0. The highest BCUT2D eigenvalue weighted by molar-refractivity contribution is 5.87. The molecule has 0 aliphatic heterocycles. The van der Waals surface area contributed by atoms with Gasteiger partial charge in [0.2, 0.25) is 5.76 Å². The molecule has 0 amide bonds. The zero-order valence-electron chi connectivity index (χ0n) is 12.0. The second-order valence-corrected chi connectivity index (χ2v) is 4.75. The number of rotatable bonds is 5. The van der Waals surface area contributed by atoms with Crippen molar-refractivity contribution in [3.63, 3.8) is 0 Å². The maximum atomic E-state index is 11.5. The van der Waals surface area contributed by atoms with Crippen molar-refractivity contribution < 1.29 is 13.9 Å². The SMILES string of the molecule is COC(=O)c1occc1CN(C)Cc1cccc(C#N)c1. The van der Waals surface area contributed by atoms with Crippen LogP contribution in [0.25, 0.3) is 0 Å². The third-order valence-electron chi connectivity index (χ3n) is 3.07. The third-order valence-corrected chi connectivity index (χ3v) is 3.07. The Balaban J connectivity index is 2.05. The second-order valence-electron chi connectivity index (χ2n) is 4.75. The summed E-state index contributed by atoms with van der Waals surface area (Å²) in [6, 6.07) is 11.3. The zero-order valence-corrected chi connectivity index (χ0v) is 12.0. The van der Waals surface area contributed by atoms with Gasteiger partial charge >= 0.3 is 5.97 Å². The molecule has 0 saturated carbocycles. The Kier molecular flexibility index (Phi) is 4.75. The van der Waals surface area contributed by atoms with Crippen LogP contribution in [0.2, 0.25) is 0 Å². The number of benzene rings is 1. The summed E-state index contributed by atoms with van der Waals surface area (Å²) in [5.74, 6) is -0.245. The predicted molar refractivity (Wildman–Crippen MR) is 76.4 cm³/mol. The van der Waals surface area contributed by atoms with Crippen molar-refractivity contribution in [2.75, 3.05) is 14.2 Å². The van der Waals surface area contributed by atoms with Crippen LogP contribution < -0.4 is 0 Å². The summed E-state index contributed by atoms with van der Waals surface area (Å²) in [7, 11) is 3.26. The lowest BCUT2D eigenvalue weighted by molar-refractivity contribution is 0.0562. The predicted octanol–water partition coefficient (Wildman–Crippen LogP) is 2.57. The molecule has 0 aliphatic carbocycles. The fourth-order valence-corrected chi connectivity index (χ4v) is 2.13. The van der Waals surface area contributed by atoms with Gasteiger partial charge in [0.1, 0.15) is 0 Å². The highest BCUT2D eigenvalue weighted by Gasteiger charge is 2.16. The molecule has 0 saturated heterocycles. The van der Waals surface area contributed by atoms with E-state index in [2.05, 4.69) is 10.8 Å². The van der Waals surface area contributed by atoms with E-state index in [-0.39, 0.29) is 5.76 Å². The molecule has 0 radical (unpaired) electrons. The minimum absolute atomic E-state index is 0.232. The molecule has 0 N–H and O–H groups in total. The first kappa shape index (κ1) is 14.8. The van der Waals surface area contributed by atoms with E-state index in [1.165, 1.54) is 13.4 Å². The Labute approximate surface area is 123 Å². The number of furan rings is 1. The molecular weight excluding hydrogens is 268 g/mol. The number of esters is 1. The topological polar surface area (TPSA) is 66.5 Å². The van der Waals surface area contributed by atoms with Crippen molar-refractivity contribution in [2.45, 2.75) is 13.1 Å². The molecule has 2 aromatic rings. The van der Waals surface area contributed by atoms with Gasteiger partial charge in [0.05, 0.1) is 25.0 Å². The Bertz CT molecular complexity index is 670. The maximum Gasteiger partial charge on any atom is 0.374 e. The Morgan fingerprint density at radius 2 is 2.19 bits per heavy atom. The Hall–Kier alpha value is -2.58. The first-order chi connectivity index (χ1) is 10.1. The van der Waals surface area contributed by atoms with Crippen LogP contribution in [0.5, 0.6) is 0 Å². The standard InChI is InChI=1S/C16H16N2O3/c1-18(10-13-5-3-4-12(8-13)9-17)11-14-6-7-21-15(14)16(19)20-2/h3-8H,10-11H2,1-2H3. The maximum absolute atomic E-state index is 11.5. The molecule has 1 heterocycles. The zero-order chi connectivity index (χ0) is 15.2. The molecule has 0 fully saturated rings. The summed E-state index contributed by atoms with van der Waals surface area (Å²) in [5.41, 5.74) is 2.46. The quantitative estimate of drug-likeness (QED) is 0.789. The Morgan fingerprint density at radius 1 is 1.38 bits per heavy atom. The molecule has 21 heavy (non-hydrogen) atoms. The minimum atomic E-state index is -0.477. The van der Waals surface area contributed by atoms with Gasteiger partial charge in [0.15, 0.2) is 0 Å². The highest BCUT2D eigenvalue weighted by atomic mass is 16.5. The normalized spacial score (nSPS) is 10.4. The summed E-state index contributed by atoms with van der Waals surface area (Å²) in [6.45, 7) is 1.22. The summed E-state index contributed by atoms with van der Waals surface area (Å²) in [4.78, 5) is 13.6. The third kappa shape index (κ3) is 3.71. The lowest BCUT2D eigenvalue weighted by atomic mass is 10.1. The summed E-state index contributed by atoms with van der Waals surface area (Å²) < 4.78 is 9.84. The molecule has 5 nitrogen and oxygen atoms in total. The van der Waals surface area contributed by atoms with Gasteiger partial charge in [0.25, 0.3) is 0 Å². The molecular formula is C16H16N2O3. The molecule has 0 unspecified atom stereocenters. The summed E-state index contributed by atoms with van der Waals surface area (Å²) in [6.07, 6.45) is 1.48. The number of ether oxygens (including phenoxy) is 1. The average Bonchev–Trinajstić information content (AvgIpc) is 2.94. The van der Waals surface area contributed by atoms with E-state index in [0.29, 0.717) is 18.7 Å². The van der Waals surface area contributed by atoms with Crippen molar-refractivity contribution in [1.82, 2.24) is 4.90 Å². The molecule has 0 aliphatic rings. The van der Waals surface area contributed by atoms with Crippen molar-refractivity contribution in [1.29, 1.82) is 5.26 Å². The number of hydrogen-bond acceptors (Lipinski definition) is 5. The smallest absolute Gasteiger partial charge is 0.374 e. The molecule has 1 aromatic carbocycles. The molecule has 0 spiro atoms. The number of carbonyl (C=O) groups excluding carboxylic acids is 1. The van der Waals surface area contributed by atoms with E-state index in [1.54, 1.807) is 12.1 Å². The van der Waals surface area contributed by atoms with Gasteiger partial charge in [-0.1, -0.05) is 12.1 Å². The fourth-order valence-electron chi connectivity index (χ4n) is 2.13. The van der Waals surface area contributed by atoms with Crippen LogP contribution in [0.4, 0.5) is 0 Å². The average molecular weight is 284 g/mol. The van der Waals surface area contributed by atoms with Crippen molar-refractivity contribution in [3.05, 3.63) is 59.0 Å². The van der Waals surface area contributed by atoms with Crippen molar-refractivity contribution in [2.24, 2.45) is 0 Å². The van der Waals surface area contributed by atoms with Gasteiger partial charge in [-0.3, -0.25) is 4.90 Å². The highest BCUT2D eigenvalue weighted by Crippen LogP contribution is 2.15. The van der Waals surface area contributed by atoms with E-state index >= 15 is 0 Å². The number of nitriles is 1. The van der Waals surface area contributed by atoms with Gasteiger partial charge in [-0.15, -0.1) is 0 Å². The van der Waals surface area contributed by atoms with E-state index < -0.39 is 5.97 Å². The second kappa shape index (κ2) is 6.73. The number of carbonyl (C=O) groups is 1. The van der Waals surface area contributed by atoms with Crippen LogP contribution in [0.15, 0.2) is 41.0 Å². The Morgan fingerprint density at radius 3 is 2.90 bits per heavy atom. The lowest BCUT2D eigenvalue weighted by Gasteiger charge is -2.16. The van der Waals surface area contributed by atoms with Crippen LogP contribution in [-0.4, -0.2) is 25.0 Å². The van der Waals surface area contributed by atoms with Gasteiger partial charge in [-0.2, -0.15) is 5.26 Å². The fraction of sp³-hybridized carbons (Fsp3) is 0.250. The van der Waals surface area contributed by atoms with Gasteiger partial charge in [-0.05, 0) is 30.8 Å². The van der Waals surface area contributed by atoms with E-state index in [1.807, 2.05) is 30.1 Å². The first-order valence-electron chi connectivity index (χ1n) is 6.46. The van der Waals surface area contributed by atoms with Gasteiger partial charge < -0.3 is 9.15 Å². The monoisotopic (exact) mass is 284 g/mol. The van der Waals surface area contributed by atoms with Gasteiger partial charge in [-0.25, -0.2) is 4.79 Å². The molecule has 5 heteroatoms. The van der Waals surface area contributed by atoms with E-state index in [9.17, 15) is 4.79 Å². The van der Waals surface area contributed by atoms with Crippen LogP contribution in [0.3, 0.4) is 0 Å². The number of methoxy groups -OCH3 is 1. The van der Waals surface area contributed by atoms with Gasteiger partial charge in [0, 0.05) is 18.7 Å². The molecule has 0 bridgehead atoms. The lowest BCUT2D eigenvalue weighted by Crippen LogP contribution is -2.18. The summed E-state index contributed by atoms with van der Waals surface area (Å²) in [5, 5.41) is 8.90. The van der Waals surface area contributed by atoms with E-state index in [0.717, 1.165) is 11.1 Å². The minimum Gasteiger partial charge on any atom is -0.463 e. The molecule has 0 atom stereocenters. The van der Waals surface area contributed by atoms with E-state index in [4.69, 9.17) is 9.68 Å². The van der Waals surface area contributed by atoms with Crippen LogP contribution in [-0.2, 0) is 17.8 Å². The van der Waals surface area contributed by atoms with Crippen molar-refractivity contribution in [3.8, 4) is 6.07 Å². The van der Waals surface area contributed by atoms with Crippen LogP contribution >= 0.6 is 0 Å². The molecule has 1 aromatic heterocycles. The van der Waals surface area contributed by atoms with Crippen LogP contribution in [0, 0.1) is 11.3 Å². The number of hydrogen-bond donors (Lipinski definition) is 0. The molecule has 2 rings (SSSR count).